The summed E-state index contributed by atoms with van der Waals surface area (Å²) in [5.74, 6) is -4.56. The van der Waals surface area contributed by atoms with Crippen LogP contribution in [-0.2, 0) is 36.7 Å². The van der Waals surface area contributed by atoms with E-state index in [0.29, 0.717) is 44.2 Å². The Morgan fingerprint density at radius 1 is 0.855 bits per heavy atom. The van der Waals surface area contributed by atoms with Crippen molar-refractivity contribution in [1.29, 1.82) is 5.26 Å². The van der Waals surface area contributed by atoms with Gasteiger partial charge in [-0.15, -0.1) is 0 Å². The van der Waals surface area contributed by atoms with E-state index < -0.39 is 47.7 Å². The molecule has 69 heavy (non-hydrogen) atoms. The fraction of sp³-hybridized carbons (Fsp3) is 0.479. The number of likely N-dealkylation sites (tertiary alicyclic amines) is 1. The van der Waals surface area contributed by atoms with Gasteiger partial charge in [-0.3, -0.25) is 48.6 Å². The smallest absolute Gasteiger partial charge is 0.417 e. The molecule has 372 valence electrons. The van der Waals surface area contributed by atoms with Crippen molar-refractivity contribution in [3.8, 4) is 22.9 Å². The molecule has 2 atom stereocenters. The highest BCUT2D eigenvalue weighted by Crippen LogP contribution is 2.38. The van der Waals surface area contributed by atoms with Crippen molar-refractivity contribution in [3.63, 3.8) is 0 Å². The number of nitrogens with zero attached hydrogens (tertiary/aromatic N) is 6. The number of nitrogens with one attached hydrogen (secondary N) is 2. The first-order valence-corrected chi connectivity index (χ1v) is 22.8. The summed E-state index contributed by atoms with van der Waals surface area (Å²) in [5, 5.41) is 54.5. The number of carboxylic acids is 4. The van der Waals surface area contributed by atoms with Crippen LogP contribution in [-0.4, -0.2) is 172 Å². The van der Waals surface area contributed by atoms with Crippen LogP contribution in [0.15, 0.2) is 54.7 Å². The SMILES string of the molecule is N#Cc1c(-c2ccccc2)ccnc1/C=C/c1cc(OCCCCNC(=O)CN2CCN(CC(=O)O)CCNC(CC(=O)O)CN(CC(=O)O)CC2)c(CN2CCCC[C@H]2C(=O)O)cc1C(F)(F)F. The van der Waals surface area contributed by atoms with Gasteiger partial charge in [0.15, 0.2) is 0 Å². The van der Waals surface area contributed by atoms with E-state index in [1.807, 2.05) is 18.2 Å². The number of pyridine rings is 1. The fourth-order valence-electron chi connectivity index (χ4n) is 8.48. The number of amides is 1. The molecule has 0 radical (unpaired) electrons. The minimum Gasteiger partial charge on any atom is -0.493 e. The van der Waals surface area contributed by atoms with Crippen LogP contribution in [0.2, 0.25) is 0 Å². The first kappa shape index (κ1) is 53.5. The minimum absolute atomic E-state index is 0.0294. The van der Waals surface area contributed by atoms with Gasteiger partial charge in [-0.05, 0) is 67.6 Å². The highest BCUT2D eigenvalue weighted by molar-refractivity contribution is 5.80. The van der Waals surface area contributed by atoms with E-state index in [9.17, 15) is 62.8 Å². The maximum atomic E-state index is 14.8. The van der Waals surface area contributed by atoms with E-state index in [2.05, 4.69) is 21.7 Å². The molecule has 0 saturated carbocycles. The molecule has 2 aliphatic rings. The number of carbonyl (C=O) groups is 5. The average Bonchev–Trinajstić information content (AvgIpc) is 3.29. The number of hydrogen-bond donors (Lipinski definition) is 6. The second-order valence-corrected chi connectivity index (χ2v) is 17.0. The molecule has 0 spiro atoms. The number of halogens is 3. The predicted octanol–water partition coefficient (Wildman–Crippen LogP) is 4.05. The molecule has 1 aromatic heterocycles. The topological polar surface area (TPSA) is 249 Å². The van der Waals surface area contributed by atoms with Gasteiger partial charge in [0.2, 0.25) is 5.91 Å². The summed E-state index contributed by atoms with van der Waals surface area (Å²) in [5.41, 5.74) is 0.528. The lowest BCUT2D eigenvalue weighted by Crippen LogP contribution is -2.51. The summed E-state index contributed by atoms with van der Waals surface area (Å²) < 4.78 is 50.7. The van der Waals surface area contributed by atoms with Gasteiger partial charge in [-0.25, -0.2) is 0 Å². The molecule has 0 bridgehead atoms. The van der Waals surface area contributed by atoms with Crippen molar-refractivity contribution < 1.29 is 62.3 Å². The number of unbranched alkanes of at least 4 members (excludes halogenated alkanes) is 1. The van der Waals surface area contributed by atoms with Gasteiger partial charge in [-0.1, -0.05) is 42.8 Å². The zero-order chi connectivity index (χ0) is 49.9. The number of carboxylic acid groups (broad SMARTS) is 4. The first-order chi connectivity index (χ1) is 33.0. The van der Waals surface area contributed by atoms with Crippen molar-refractivity contribution in [1.82, 2.24) is 35.2 Å². The first-order valence-electron chi connectivity index (χ1n) is 22.8. The quantitative estimate of drug-likeness (QED) is 0.0875. The van der Waals surface area contributed by atoms with E-state index in [4.69, 9.17) is 4.74 Å². The fourth-order valence-corrected chi connectivity index (χ4v) is 8.48. The number of aliphatic carboxylic acids is 4. The van der Waals surface area contributed by atoms with Crippen LogP contribution in [0.25, 0.3) is 23.3 Å². The zero-order valence-corrected chi connectivity index (χ0v) is 38.2. The van der Waals surface area contributed by atoms with E-state index in [-0.39, 0.29) is 126 Å². The maximum absolute atomic E-state index is 14.8. The maximum Gasteiger partial charge on any atom is 0.417 e. The van der Waals surface area contributed by atoms with Gasteiger partial charge in [-0.2, -0.15) is 18.4 Å². The number of alkyl halides is 3. The number of hydrogen-bond acceptors (Lipinski definition) is 13. The van der Waals surface area contributed by atoms with Crippen LogP contribution in [0, 0.1) is 11.3 Å². The zero-order valence-electron chi connectivity index (χ0n) is 38.2. The molecule has 6 N–H and O–H groups in total. The number of rotatable bonds is 20. The summed E-state index contributed by atoms with van der Waals surface area (Å²) >= 11 is 0. The number of carbonyl (C=O) groups excluding carboxylic acids is 1. The summed E-state index contributed by atoms with van der Waals surface area (Å²) in [4.78, 5) is 71.2. The Bertz CT molecular complexity index is 2310. The molecule has 2 fully saturated rings. The van der Waals surface area contributed by atoms with Crippen molar-refractivity contribution in [2.24, 2.45) is 0 Å². The second-order valence-electron chi connectivity index (χ2n) is 17.0. The molecule has 2 saturated heterocycles. The Labute approximate surface area is 398 Å². The van der Waals surface area contributed by atoms with E-state index in [0.717, 1.165) is 11.6 Å². The molecule has 2 aromatic carbocycles. The Hall–Kier alpha value is -6.44. The molecular weight excluding hydrogens is 906 g/mol. The average molecular weight is 965 g/mol. The summed E-state index contributed by atoms with van der Waals surface area (Å²) in [6.07, 6.45) is 1.39. The standard InChI is InChI=1S/C48H59F3N8O10/c49-48(50,51)39-24-35(28-59-17-6-4-10-41(59)47(67)68)42(25-34(39)11-12-40-38(27-52)37(13-15-54-40)33-8-2-1-3-9-33)69-23-7-5-14-55-43(60)30-57-20-19-56(31-45(63)64)18-16-53-36(26-44(61)62)29-58(22-21-57)32-46(65)66/h1-3,8-9,11-13,15,24-25,36,41,53H,4-7,10,14,16-23,26,28-32H2,(H,55,60)(H,61,62)(H,63,64)(H,65,66)(H,67,68)/b12-11+/t36?,41-/m0/s1. The Balaban J connectivity index is 1.29. The van der Waals surface area contributed by atoms with Crippen molar-refractivity contribution >= 4 is 41.9 Å². The molecule has 1 amide bonds. The Kier molecular flexibility index (Phi) is 20.4. The van der Waals surface area contributed by atoms with E-state index >= 15 is 0 Å². The van der Waals surface area contributed by atoms with Crippen LogP contribution in [0.5, 0.6) is 5.75 Å². The number of ether oxygens (including phenoxy) is 1. The summed E-state index contributed by atoms with van der Waals surface area (Å²) in [7, 11) is 0. The third kappa shape index (κ3) is 17.2. The molecule has 0 aliphatic carbocycles. The van der Waals surface area contributed by atoms with Gasteiger partial charge >= 0.3 is 30.1 Å². The van der Waals surface area contributed by atoms with Crippen molar-refractivity contribution in [2.75, 3.05) is 85.1 Å². The molecule has 21 heteroatoms. The number of piperidine rings is 1. The second kappa shape index (κ2) is 26.4. The molecule has 5 rings (SSSR count). The van der Waals surface area contributed by atoms with Gasteiger partial charge in [0, 0.05) is 82.3 Å². The highest BCUT2D eigenvalue weighted by Gasteiger charge is 2.36. The minimum atomic E-state index is -4.82. The van der Waals surface area contributed by atoms with E-state index in [1.54, 1.807) is 37.8 Å². The third-order valence-corrected chi connectivity index (χ3v) is 11.9. The number of aromatic nitrogens is 1. The normalized spacial score (nSPS) is 18.4. The van der Waals surface area contributed by atoms with Crippen molar-refractivity contribution in [2.45, 2.75) is 63.3 Å². The van der Waals surface area contributed by atoms with Crippen LogP contribution in [0.3, 0.4) is 0 Å². The lowest BCUT2D eigenvalue weighted by atomic mass is 9.97. The lowest BCUT2D eigenvalue weighted by molar-refractivity contribution is -0.145. The van der Waals surface area contributed by atoms with Gasteiger partial charge < -0.3 is 35.8 Å². The summed E-state index contributed by atoms with van der Waals surface area (Å²) in [6.45, 7) is 1.30. The third-order valence-electron chi connectivity index (χ3n) is 11.9. The van der Waals surface area contributed by atoms with Gasteiger partial charge in [0.25, 0.3) is 0 Å². The number of benzene rings is 2. The van der Waals surface area contributed by atoms with E-state index in [1.165, 1.54) is 24.4 Å². The molecule has 18 nitrogen and oxygen atoms in total. The van der Waals surface area contributed by atoms with Gasteiger partial charge in [0.05, 0.1) is 49.5 Å². The molecule has 2 aliphatic heterocycles. The van der Waals surface area contributed by atoms with Crippen LogP contribution in [0.4, 0.5) is 13.2 Å². The Morgan fingerprint density at radius 3 is 2.22 bits per heavy atom. The number of nitriles is 1. The Morgan fingerprint density at radius 2 is 1.55 bits per heavy atom. The van der Waals surface area contributed by atoms with Crippen molar-refractivity contribution in [3.05, 3.63) is 82.7 Å². The molecule has 3 heterocycles. The van der Waals surface area contributed by atoms with Crippen LogP contribution >= 0.6 is 0 Å². The largest absolute Gasteiger partial charge is 0.493 e. The summed E-state index contributed by atoms with van der Waals surface area (Å²) in [6, 6.07) is 13.6. The molecule has 3 aromatic rings. The molecule has 1 unspecified atom stereocenters. The van der Waals surface area contributed by atoms with Crippen LogP contribution in [0.1, 0.15) is 66.5 Å². The van der Waals surface area contributed by atoms with Gasteiger partial charge in [0.1, 0.15) is 17.9 Å². The van der Waals surface area contributed by atoms with Crippen LogP contribution < -0.4 is 15.4 Å². The predicted molar refractivity (Wildman–Crippen MR) is 247 cm³/mol. The molecular formula is C48H59F3N8O10. The lowest BCUT2D eigenvalue weighted by Gasteiger charge is -2.33. The highest BCUT2D eigenvalue weighted by atomic mass is 19.4. The monoisotopic (exact) mass is 964 g/mol.